The second-order valence-corrected chi connectivity index (χ2v) is 6.93. The Morgan fingerprint density at radius 1 is 1.15 bits per heavy atom. The van der Waals surface area contributed by atoms with Crippen LogP contribution < -0.4 is 10.1 Å². The van der Waals surface area contributed by atoms with Crippen LogP contribution in [0, 0.1) is 5.92 Å². The van der Waals surface area contributed by atoms with Gasteiger partial charge in [0.2, 0.25) is 5.91 Å². The van der Waals surface area contributed by atoms with Crippen LogP contribution in [0.15, 0.2) is 48.5 Å². The molecule has 1 saturated heterocycles. The van der Waals surface area contributed by atoms with E-state index in [1.54, 1.807) is 29.2 Å². The molecule has 0 aromatic heterocycles. The largest absolute Gasteiger partial charge is 0.492 e. The number of nitrogens with zero attached hydrogens (tertiary/aromatic N) is 1. The molecule has 1 fully saturated rings. The van der Waals surface area contributed by atoms with Crippen molar-refractivity contribution < 1.29 is 14.3 Å². The summed E-state index contributed by atoms with van der Waals surface area (Å²) < 4.78 is 5.55. The summed E-state index contributed by atoms with van der Waals surface area (Å²) in [7, 11) is 0. The van der Waals surface area contributed by atoms with Crippen molar-refractivity contribution in [3.63, 3.8) is 0 Å². The molecule has 0 saturated carbocycles. The monoisotopic (exact) mass is 386 g/mol. The van der Waals surface area contributed by atoms with Gasteiger partial charge in [-0.1, -0.05) is 29.8 Å². The summed E-state index contributed by atoms with van der Waals surface area (Å²) in [5, 5.41) is 3.51. The standard InChI is InChI=1S/C21H23ClN2O3/c1-2-27-19-9-4-3-8-18(19)23-20(25)15-10-12-24(13-11-15)21(26)16-6-5-7-17(22)14-16/h3-9,14-15H,2,10-13H2,1H3,(H,23,25). The molecule has 0 spiro atoms. The molecule has 142 valence electrons. The second-order valence-electron chi connectivity index (χ2n) is 6.50. The van der Waals surface area contributed by atoms with Crippen LogP contribution in [0.1, 0.15) is 30.1 Å². The molecule has 6 heteroatoms. The molecule has 1 aliphatic rings. The Morgan fingerprint density at radius 2 is 1.89 bits per heavy atom. The summed E-state index contributed by atoms with van der Waals surface area (Å²) >= 11 is 5.97. The van der Waals surface area contributed by atoms with Gasteiger partial charge in [-0.15, -0.1) is 0 Å². The number of carbonyl (C=O) groups excluding carboxylic acids is 2. The van der Waals surface area contributed by atoms with E-state index in [1.165, 1.54) is 0 Å². The van der Waals surface area contributed by atoms with Crippen molar-refractivity contribution >= 4 is 29.1 Å². The Kier molecular flexibility index (Phi) is 6.35. The summed E-state index contributed by atoms with van der Waals surface area (Å²) in [6.07, 6.45) is 1.27. The summed E-state index contributed by atoms with van der Waals surface area (Å²) in [6.45, 7) is 3.55. The first-order chi connectivity index (χ1) is 13.1. The molecule has 27 heavy (non-hydrogen) atoms. The maximum Gasteiger partial charge on any atom is 0.253 e. The third kappa shape index (κ3) is 4.80. The van der Waals surface area contributed by atoms with Crippen LogP contribution in [0.2, 0.25) is 5.02 Å². The zero-order chi connectivity index (χ0) is 19.2. The normalized spacial score (nSPS) is 14.7. The van der Waals surface area contributed by atoms with Gasteiger partial charge in [0.15, 0.2) is 0 Å². The fourth-order valence-electron chi connectivity index (χ4n) is 3.23. The lowest BCUT2D eigenvalue weighted by molar-refractivity contribution is -0.121. The van der Waals surface area contributed by atoms with Gasteiger partial charge in [-0.2, -0.15) is 0 Å². The van der Waals surface area contributed by atoms with Crippen molar-refractivity contribution in [1.82, 2.24) is 4.90 Å². The van der Waals surface area contributed by atoms with Gasteiger partial charge >= 0.3 is 0 Å². The zero-order valence-electron chi connectivity index (χ0n) is 15.3. The van der Waals surface area contributed by atoms with E-state index in [2.05, 4.69) is 5.32 Å². The Hall–Kier alpha value is -2.53. The number of anilines is 1. The molecule has 2 amide bonds. The third-order valence-corrected chi connectivity index (χ3v) is 4.90. The highest BCUT2D eigenvalue weighted by Gasteiger charge is 2.28. The lowest BCUT2D eigenvalue weighted by Crippen LogP contribution is -2.41. The van der Waals surface area contributed by atoms with E-state index in [0.29, 0.717) is 54.6 Å². The topological polar surface area (TPSA) is 58.6 Å². The Bertz CT molecular complexity index is 817. The minimum atomic E-state index is -0.122. The first-order valence-electron chi connectivity index (χ1n) is 9.16. The number of benzene rings is 2. The first kappa shape index (κ1) is 19.2. The van der Waals surface area contributed by atoms with Gasteiger partial charge < -0.3 is 15.0 Å². The smallest absolute Gasteiger partial charge is 0.253 e. The average molecular weight is 387 g/mol. The number of rotatable bonds is 5. The van der Waals surface area contributed by atoms with E-state index in [4.69, 9.17) is 16.3 Å². The number of carbonyl (C=O) groups is 2. The van der Waals surface area contributed by atoms with Crippen molar-refractivity contribution in [1.29, 1.82) is 0 Å². The minimum absolute atomic E-state index is 0.0305. The molecule has 0 radical (unpaired) electrons. The van der Waals surface area contributed by atoms with Crippen LogP contribution in [0.25, 0.3) is 0 Å². The van der Waals surface area contributed by atoms with Crippen LogP contribution in [0.4, 0.5) is 5.69 Å². The van der Waals surface area contributed by atoms with E-state index in [-0.39, 0.29) is 17.7 Å². The molecule has 0 aliphatic carbocycles. The molecular formula is C21H23ClN2O3. The van der Waals surface area contributed by atoms with Crippen LogP contribution >= 0.6 is 11.6 Å². The van der Waals surface area contributed by atoms with Crippen LogP contribution in [0.3, 0.4) is 0 Å². The number of amides is 2. The Morgan fingerprint density at radius 3 is 2.59 bits per heavy atom. The molecule has 2 aromatic carbocycles. The van der Waals surface area contributed by atoms with Gasteiger partial charge in [0.25, 0.3) is 5.91 Å². The van der Waals surface area contributed by atoms with Gasteiger partial charge in [0, 0.05) is 29.6 Å². The lowest BCUT2D eigenvalue weighted by Gasteiger charge is -2.31. The quantitative estimate of drug-likeness (QED) is 0.836. The molecule has 5 nitrogen and oxygen atoms in total. The van der Waals surface area contributed by atoms with Crippen LogP contribution in [-0.2, 0) is 4.79 Å². The minimum Gasteiger partial charge on any atom is -0.492 e. The molecule has 1 heterocycles. The highest BCUT2D eigenvalue weighted by atomic mass is 35.5. The number of ether oxygens (including phenoxy) is 1. The van der Waals surface area contributed by atoms with Crippen molar-refractivity contribution in [2.45, 2.75) is 19.8 Å². The maximum absolute atomic E-state index is 12.6. The van der Waals surface area contributed by atoms with Gasteiger partial charge in [-0.3, -0.25) is 9.59 Å². The maximum atomic E-state index is 12.6. The molecule has 0 unspecified atom stereocenters. The second kappa shape index (κ2) is 8.91. The van der Waals surface area contributed by atoms with Gasteiger partial charge in [-0.05, 0) is 50.1 Å². The number of nitrogens with one attached hydrogen (secondary N) is 1. The number of para-hydroxylation sites is 2. The van der Waals surface area contributed by atoms with Crippen molar-refractivity contribution in [3.8, 4) is 5.75 Å². The fourth-order valence-corrected chi connectivity index (χ4v) is 3.43. The molecule has 0 atom stereocenters. The number of piperidine rings is 1. The SMILES string of the molecule is CCOc1ccccc1NC(=O)C1CCN(C(=O)c2cccc(Cl)c2)CC1. The highest BCUT2D eigenvalue weighted by Crippen LogP contribution is 2.26. The average Bonchev–Trinajstić information content (AvgIpc) is 2.69. The molecule has 3 rings (SSSR count). The van der Waals surface area contributed by atoms with Gasteiger partial charge in [0.1, 0.15) is 5.75 Å². The highest BCUT2D eigenvalue weighted by molar-refractivity contribution is 6.30. The number of hydrogen-bond donors (Lipinski definition) is 1. The summed E-state index contributed by atoms with van der Waals surface area (Å²) in [4.78, 5) is 27.0. The number of halogens is 1. The lowest BCUT2D eigenvalue weighted by atomic mass is 9.95. The fraction of sp³-hybridized carbons (Fsp3) is 0.333. The predicted molar refractivity (Wildman–Crippen MR) is 106 cm³/mol. The number of hydrogen-bond acceptors (Lipinski definition) is 3. The molecular weight excluding hydrogens is 364 g/mol. The molecule has 1 aliphatic heterocycles. The van der Waals surface area contributed by atoms with Gasteiger partial charge in [-0.25, -0.2) is 0 Å². The van der Waals surface area contributed by atoms with E-state index >= 15 is 0 Å². The molecule has 1 N–H and O–H groups in total. The predicted octanol–water partition coefficient (Wildman–Crippen LogP) is 4.23. The van der Waals surface area contributed by atoms with Crippen molar-refractivity contribution in [2.75, 3.05) is 25.0 Å². The van der Waals surface area contributed by atoms with E-state index in [9.17, 15) is 9.59 Å². The van der Waals surface area contributed by atoms with E-state index in [0.717, 1.165) is 0 Å². The van der Waals surface area contributed by atoms with Crippen LogP contribution in [0.5, 0.6) is 5.75 Å². The third-order valence-electron chi connectivity index (χ3n) is 4.67. The summed E-state index contributed by atoms with van der Waals surface area (Å²) in [5.74, 6) is 0.472. The van der Waals surface area contributed by atoms with Gasteiger partial charge in [0.05, 0.1) is 12.3 Å². The van der Waals surface area contributed by atoms with E-state index in [1.807, 2.05) is 31.2 Å². The molecule has 0 bridgehead atoms. The van der Waals surface area contributed by atoms with E-state index < -0.39 is 0 Å². The first-order valence-corrected chi connectivity index (χ1v) is 9.54. The van der Waals surface area contributed by atoms with Crippen LogP contribution in [-0.4, -0.2) is 36.4 Å². The summed E-state index contributed by atoms with van der Waals surface area (Å²) in [6, 6.07) is 14.4. The Balaban J connectivity index is 1.57. The Labute approximate surface area is 164 Å². The zero-order valence-corrected chi connectivity index (χ0v) is 16.0. The molecule has 2 aromatic rings. The number of likely N-dealkylation sites (tertiary alicyclic amines) is 1. The van der Waals surface area contributed by atoms with Crippen molar-refractivity contribution in [3.05, 3.63) is 59.1 Å². The summed E-state index contributed by atoms with van der Waals surface area (Å²) in [5.41, 5.74) is 1.26. The van der Waals surface area contributed by atoms with Crippen molar-refractivity contribution in [2.24, 2.45) is 5.92 Å².